The molecule has 0 bridgehead atoms. The predicted octanol–water partition coefficient (Wildman–Crippen LogP) is 3.36. The molecule has 29 heavy (non-hydrogen) atoms. The second-order valence-corrected chi connectivity index (χ2v) is 7.38. The van der Waals surface area contributed by atoms with E-state index in [4.69, 9.17) is 5.11 Å². The highest BCUT2D eigenvalue weighted by Gasteiger charge is 2.27. The van der Waals surface area contributed by atoms with Gasteiger partial charge in [-0.1, -0.05) is 12.1 Å². The van der Waals surface area contributed by atoms with Gasteiger partial charge in [0, 0.05) is 37.5 Å². The number of pyridine rings is 1. The lowest BCUT2D eigenvalue weighted by Crippen LogP contribution is -2.40. The number of rotatable bonds is 6. The van der Waals surface area contributed by atoms with Gasteiger partial charge in [-0.15, -0.1) is 0 Å². The smallest absolute Gasteiger partial charge is 0.303 e. The molecule has 1 aromatic heterocycles. The summed E-state index contributed by atoms with van der Waals surface area (Å²) in [5.41, 5.74) is 2.23. The summed E-state index contributed by atoms with van der Waals surface area (Å²) in [6, 6.07) is 8.61. The highest BCUT2D eigenvalue weighted by molar-refractivity contribution is 6.09. The number of amides is 2. The summed E-state index contributed by atoms with van der Waals surface area (Å²) < 4.78 is 0. The van der Waals surface area contributed by atoms with Crippen LogP contribution in [-0.4, -0.2) is 45.9 Å². The maximum Gasteiger partial charge on any atom is 0.303 e. The summed E-state index contributed by atoms with van der Waals surface area (Å²) in [5, 5.41) is 11.8. The largest absolute Gasteiger partial charge is 0.481 e. The highest BCUT2D eigenvalue weighted by atomic mass is 16.4. The number of likely N-dealkylation sites (tertiary alicyclic amines) is 1. The number of aryl methyl sites for hydroxylation is 1. The Bertz CT molecular complexity index is 898. The van der Waals surface area contributed by atoms with Gasteiger partial charge >= 0.3 is 5.97 Å². The number of benzene rings is 1. The van der Waals surface area contributed by atoms with Crippen LogP contribution in [0.5, 0.6) is 0 Å². The number of carbonyl (C=O) groups is 3. The van der Waals surface area contributed by atoms with E-state index in [0.29, 0.717) is 36.3 Å². The van der Waals surface area contributed by atoms with E-state index in [0.717, 1.165) is 18.4 Å². The van der Waals surface area contributed by atoms with Crippen molar-refractivity contribution in [2.75, 3.05) is 18.4 Å². The molecule has 7 heteroatoms. The molecule has 1 aliphatic heterocycles. The Hall–Kier alpha value is -3.22. The second kappa shape index (κ2) is 9.32. The zero-order chi connectivity index (χ0) is 20.8. The number of aliphatic carboxylic acids is 1. The van der Waals surface area contributed by atoms with Gasteiger partial charge in [-0.2, -0.15) is 0 Å². The first kappa shape index (κ1) is 20.5. The van der Waals surface area contributed by atoms with E-state index in [-0.39, 0.29) is 24.2 Å². The third-order valence-corrected chi connectivity index (χ3v) is 5.26. The number of carboxylic acids is 1. The molecule has 1 saturated heterocycles. The fraction of sp³-hybridized carbons (Fsp3) is 0.364. The van der Waals surface area contributed by atoms with Gasteiger partial charge in [0.25, 0.3) is 11.8 Å². The summed E-state index contributed by atoms with van der Waals surface area (Å²) in [6.45, 7) is 3.02. The molecule has 2 aromatic rings. The molecule has 0 radical (unpaired) electrons. The number of carboxylic acid groups (broad SMARTS) is 1. The fourth-order valence-electron chi connectivity index (χ4n) is 3.68. The highest BCUT2D eigenvalue weighted by Crippen LogP contribution is 2.27. The van der Waals surface area contributed by atoms with E-state index >= 15 is 0 Å². The first-order chi connectivity index (χ1) is 14.0. The number of anilines is 1. The van der Waals surface area contributed by atoms with Crippen LogP contribution < -0.4 is 5.32 Å². The summed E-state index contributed by atoms with van der Waals surface area (Å²) in [5.74, 6) is -1.07. The van der Waals surface area contributed by atoms with Crippen molar-refractivity contribution in [2.45, 2.75) is 32.6 Å². The monoisotopic (exact) mass is 395 g/mol. The van der Waals surface area contributed by atoms with Crippen LogP contribution >= 0.6 is 0 Å². The zero-order valence-corrected chi connectivity index (χ0v) is 16.4. The Morgan fingerprint density at radius 1 is 1.21 bits per heavy atom. The van der Waals surface area contributed by atoms with E-state index in [2.05, 4.69) is 10.3 Å². The number of aromatic nitrogens is 1. The second-order valence-electron chi connectivity index (χ2n) is 7.38. The molecule has 2 heterocycles. The van der Waals surface area contributed by atoms with Crippen molar-refractivity contribution in [3.8, 4) is 0 Å². The normalized spacial score (nSPS) is 16.3. The predicted molar refractivity (Wildman–Crippen MR) is 109 cm³/mol. The number of nitrogens with zero attached hydrogens (tertiary/aromatic N) is 2. The Kier molecular flexibility index (Phi) is 6.59. The van der Waals surface area contributed by atoms with Crippen LogP contribution in [0.3, 0.4) is 0 Å². The maximum atomic E-state index is 13.2. The molecule has 1 unspecified atom stereocenters. The lowest BCUT2D eigenvalue weighted by molar-refractivity contribution is -0.137. The van der Waals surface area contributed by atoms with Gasteiger partial charge in [0.05, 0.1) is 11.3 Å². The Morgan fingerprint density at radius 3 is 2.69 bits per heavy atom. The molecule has 0 spiro atoms. The summed E-state index contributed by atoms with van der Waals surface area (Å²) in [4.78, 5) is 42.4. The quantitative estimate of drug-likeness (QED) is 0.781. The van der Waals surface area contributed by atoms with Gasteiger partial charge in [-0.25, -0.2) is 0 Å². The molecule has 1 aliphatic rings. The van der Waals surface area contributed by atoms with Crippen molar-refractivity contribution >= 4 is 23.5 Å². The molecule has 152 valence electrons. The third-order valence-electron chi connectivity index (χ3n) is 5.26. The molecule has 1 atom stereocenters. The SMILES string of the molecule is Cc1cccc(C(=O)N2CCCC(CCC(=O)O)C2)c1NC(=O)c1ccncc1. The van der Waals surface area contributed by atoms with E-state index in [1.165, 1.54) is 0 Å². The minimum Gasteiger partial charge on any atom is -0.481 e. The van der Waals surface area contributed by atoms with Gasteiger partial charge in [-0.05, 0) is 55.9 Å². The molecule has 7 nitrogen and oxygen atoms in total. The van der Waals surface area contributed by atoms with Gasteiger partial charge in [0.1, 0.15) is 0 Å². The maximum absolute atomic E-state index is 13.2. The topological polar surface area (TPSA) is 99.6 Å². The van der Waals surface area contributed by atoms with Gasteiger partial charge in [0.2, 0.25) is 0 Å². The van der Waals surface area contributed by atoms with Gasteiger partial charge in [-0.3, -0.25) is 19.4 Å². The first-order valence-corrected chi connectivity index (χ1v) is 9.77. The number of carbonyl (C=O) groups excluding carboxylic acids is 2. The van der Waals surface area contributed by atoms with Crippen molar-refractivity contribution < 1.29 is 19.5 Å². The summed E-state index contributed by atoms with van der Waals surface area (Å²) >= 11 is 0. The molecule has 2 amide bonds. The molecule has 0 aliphatic carbocycles. The molecule has 0 saturated carbocycles. The van der Waals surface area contributed by atoms with Crippen LogP contribution in [0.25, 0.3) is 0 Å². The lowest BCUT2D eigenvalue weighted by atomic mass is 9.92. The average Bonchev–Trinajstić information content (AvgIpc) is 2.74. The first-order valence-electron chi connectivity index (χ1n) is 9.77. The van der Waals surface area contributed by atoms with Crippen molar-refractivity contribution in [3.63, 3.8) is 0 Å². The van der Waals surface area contributed by atoms with E-state index in [9.17, 15) is 14.4 Å². The van der Waals surface area contributed by atoms with Crippen molar-refractivity contribution in [1.29, 1.82) is 0 Å². The lowest BCUT2D eigenvalue weighted by Gasteiger charge is -2.33. The van der Waals surface area contributed by atoms with E-state index < -0.39 is 5.97 Å². The standard InChI is InChI=1S/C22H25N3O4/c1-15-4-2-6-18(20(15)24-21(28)17-9-11-23-12-10-17)22(29)25-13-3-5-16(14-25)7-8-19(26)27/h2,4,6,9-12,16H,3,5,7-8,13-14H2,1H3,(H,24,28)(H,26,27). The third kappa shape index (κ3) is 5.19. The number of nitrogens with one attached hydrogen (secondary N) is 1. The van der Waals surface area contributed by atoms with Crippen LogP contribution in [0.2, 0.25) is 0 Å². The summed E-state index contributed by atoms with van der Waals surface area (Å²) in [6.07, 6.45) is 5.55. The van der Waals surface area contributed by atoms with E-state index in [1.807, 2.05) is 13.0 Å². The van der Waals surface area contributed by atoms with Crippen LogP contribution in [-0.2, 0) is 4.79 Å². The van der Waals surface area contributed by atoms with Crippen LogP contribution in [0.15, 0.2) is 42.7 Å². The van der Waals surface area contributed by atoms with Gasteiger partial charge in [0.15, 0.2) is 0 Å². The molecule has 2 N–H and O–H groups in total. The van der Waals surface area contributed by atoms with Crippen LogP contribution in [0.1, 0.15) is 52.0 Å². The number of hydrogen-bond donors (Lipinski definition) is 2. The zero-order valence-electron chi connectivity index (χ0n) is 16.4. The Morgan fingerprint density at radius 2 is 1.97 bits per heavy atom. The molecule has 1 fully saturated rings. The van der Waals surface area contributed by atoms with Crippen molar-refractivity contribution in [2.24, 2.45) is 5.92 Å². The van der Waals surface area contributed by atoms with Crippen molar-refractivity contribution in [3.05, 3.63) is 59.4 Å². The summed E-state index contributed by atoms with van der Waals surface area (Å²) in [7, 11) is 0. The molecular formula is C22H25N3O4. The van der Waals surface area contributed by atoms with Crippen molar-refractivity contribution in [1.82, 2.24) is 9.88 Å². The number of piperidine rings is 1. The molecule has 1 aromatic carbocycles. The minimum atomic E-state index is -0.812. The van der Waals surface area contributed by atoms with Gasteiger partial charge < -0.3 is 15.3 Å². The Labute approximate surface area is 169 Å². The number of hydrogen-bond acceptors (Lipinski definition) is 4. The fourth-order valence-corrected chi connectivity index (χ4v) is 3.68. The average molecular weight is 395 g/mol. The van der Waals surface area contributed by atoms with Crippen LogP contribution in [0.4, 0.5) is 5.69 Å². The molecular weight excluding hydrogens is 370 g/mol. The van der Waals surface area contributed by atoms with Crippen LogP contribution in [0, 0.1) is 12.8 Å². The molecule has 3 rings (SSSR count). The number of para-hydroxylation sites is 1. The Balaban J connectivity index is 1.78. The minimum absolute atomic E-state index is 0.115. The van der Waals surface area contributed by atoms with E-state index in [1.54, 1.807) is 41.6 Å².